The van der Waals surface area contributed by atoms with E-state index in [2.05, 4.69) is 10.3 Å². The summed E-state index contributed by atoms with van der Waals surface area (Å²) < 4.78 is 1.44. The van der Waals surface area contributed by atoms with Crippen LogP contribution < -0.4 is 10.9 Å². The number of nitrogens with one attached hydrogen (secondary N) is 1. The molecule has 0 radical (unpaired) electrons. The summed E-state index contributed by atoms with van der Waals surface area (Å²) in [5, 5.41) is 5.20. The van der Waals surface area contributed by atoms with Crippen molar-refractivity contribution < 1.29 is 4.79 Å². The van der Waals surface area contributed by atoms with Gasteiger partial charge in [0.15, 0.2) is 4.96 Å². The van der Waals surface area contributed by atoms with Gasteiger partial charge in [0.1, 0.15) is 10.6 Å². The van der Waals surface area contributed by atoms with E-state index in [0.29, 0.717) is 9.99 Å². The number of carbonyl (C=O) groups excluding carboxylic acids is 1. The number of hydrogen-bond acceptors (Lipinski definition) is 5. The summed E-state index contributed by atoms with van der Waals surface area (Å²) in [5.74, 6) is 0.481. The van der Waals surface area contributed by atoms with Gasteiger partial charge in [0.25, 0.3) is 11.5 Å². The number of carbonyl (C=O) groups is 1. The molecule has 1 saturated carbocycles. The van der Waals surface area contributed by atoms with Crippen LogP contribution in [0.15, 0.2) is 21.4 Å². The molecule has 1 aliphatic carbocycles. The summed E-state index contributed by atoms with van der Waals surface area (Å²) in [6.45, 7) is 1.98. The van der Waals surface area contributed by atoms with Gasteiger partial charge in [0.2, 0.25) is 0 Å². The van der Waals surface area contributed by atoms with Gasteiger partial charge >= 0.3 is 0 Å². The number of thioether (sulfide) groups is 1. The normalized spacial score (nSPS) is 14.8. The van der Waals surface area contributed by atoms with Gasteiger partial charge in [-0.3, -0.25) is 14.0 Å². The second-order valence-corrected chi connectivity index (χ2v) is 6.46. The minimum atomic E-state index is -0.295. The second-order valence-electron chi connectivity index (χ2n) is 4.33. The van der Waals surface area contributed by atoms with Gasteiger partial charge in [0.05, 0.1) is 0 Å². The molecule has 0 spiro atoms. The van der Waals surface area contributed by atoms with Gasteiger partial charge in [-0.05, 0) is 18.6 Å². The van der Waals surface area contributed by atoms with Crippen molar-refractivity contribution in [1.82, 2.24) is 14.7 Å². The smallest absolute Gasteiger partial charge is 0.272 e. The summed E-state index contributed by atoms with van der Waals surface area (Å²) in [4.78, 5) is 29.6. The maximum atomic E-state index is 12.4. The van der Waals surface area contributed by atoms with Crippen molar-refractivity contribution in [3.8, 4) is 0 Å². The highest BCUT2D eigenvalue weighted by atomic mass is 32.2. The van der Waals surface area contributed by atoms with Crippen molar-refractivity contribution >= 4 is 34.0 Å². The monoisotopic (exact) mass is 295 g/mol. The van der Waals surface area contributed by atoms with Crippen LogP contribution in [-0.4, -0.2) is 27.1 Å². The first kappa shape index (κ1) is 12.7. The van der Waals surface area contributed by atoms with Crippen LogP contribution in [0.4, 0.5) is 0 Å². The summed E-state index contributed by atoms with van der Waals surface area (Å²) in [7, 11) is 0. The summed E-state index contributed by atoms with van der Waals surface area (Å²) in [6, 6.07) is 0.231. The Morgan fingerprint density at radius 2 is 2.42 bits per heavy atom. The zero-order chi connectivity index (χ0) is 13.4. The van der Waals surface area contributed by atoms with E-state index in [9.17, 15) is 9.59 Å². The lowest BCUT2D eigenvalue weighted by Gasteiger charge is -2.07. The Balaban J connectivity index is 2.12. The molecule has 0 aromatic carbocycles. The fourth-order valence-electron chi connectivity index (χ4n) is 1.78. The molecular formula is C12H13N3O2S2. The quantitative estimate of drug-likeness (QED) is 0.689. The van der Waals surface area contributed by atoms with Crippen LogP contribution in [0.2, 0.25) is 0 Å². The topological polar surface area (TPSA) is 63.5 Å². The third kappa shape index (κ3) is 2.40. The average molecular weight is 295 g/mol. The van der Waals surface area contributed by atoms with Crippen LogP contribution in [-0.2, 0) is 0 Å². The lowest BCUT2D eigenvalue weighted by Crippen LogP contribution is -2.33. The van der Waals surface area contributed by atoms with Crippen LogP contribution >= 0.6 is 23.1 Å². The molecule has 1 fully saturated rings. The molecular weight excluding hydrogens is 282 g/mol. The predicted octanol–water partition coefficient (Wildman–Crippen LogP) is 1.76. The highest BCUT2D eigenvalue weighted by molar-refractivity contribution is 7.99. The van der Waals surface area contributed by atoms with Gasteiger partial charge in [-0.1, -0.05) is 6.92 Å². The molecule has 2 aromatic rings. The molecule has 1 N–H and O–H groups in total. The van der Waals surface area contributed by atoms with Crippen molar-refractivity contribution in [2.45, 2.75) is 30.8 Å². The van der Waals surface area contributed by atoms with E-state index in [1.54, 1.807) is 11.6 Å². The molecule has 5 nitrogen and oxygen atoms in total. The number of amides is 1. The van der Waals surface area contributed by atoms with Gasteiger partial charge in [-0.2, -0.15) is 0 Å². The van der Waals surface area contributed by atoms with E-state index in [1.165, 1.54) is 27.5 Å². The first-order chi connectivity index (χ1) is 9.20. The van der Waals surface area contributed by atoms with E-state index in [1.807, 2.05) is 6.92 Å². The number of aromatic nitrogens is 2. The minimum Gasteiger partial charge on any atom is -0.349 e. The Hall–Kier alpha value is -1.34. The Kier molecular flexibility index (Phi) is 3.32. The lowest BCUT2D eigenvalue weighted by molar-refractivity contribution is 0.0945. The third-order valence-electron chi connectivity index (χ3n) is 2.85. The van der Waals surface area contributed by atoms with Gasteiger partial charge < -0.3 is 5.32 Å². The molecule has 0 aliphatic heterocycles. The molecule has 0 bridgehead atoms. The molecule has 19 heavy (non-hydrogen) atoms. The molecule has 0 saturated heterocycles. The first-order valence-electron chi connectivity index (χ1n) is 6.14. The molecule has 2 heterocycles. The third-order valence-corrected chi connectivity index (χ3v) is 4.47. The minimum absolute atomic E-state index is 0.176. The fourth-order valence-corrected chi connectivity index (χ4v) is 3.30. The highest BCUT2D eigenvalue weighted by Crippen LogP contribution is 2.23. The van der Waals surface area contributed by atoms with Crippen LogP contribution in [0, 0.1) is 0 Å². The number of hydrogen-bond donors (Lipinski definition) is 1. The second kappa shape index (κ2) is 4.97. The van der Waals surface area contributed by atoms with Gasteiger partial charge in [-0.25, -0.2) is 4.98 Å². The number of fused-ring (bicyclic) bond motifs is 1. The zero-order valence-electron chi connectivity index (χ0n) is 10.4. The predicted molar refractivity (Wildman–Crippen MR) is 76.2 cm³/mol. The zero-order valence-corrected chi connectivity index (χ0v) is 12.0. The molecule has 0 atom stereocenters. The van der Waals surface area contributed by atoms with Crippen LogP contribution in [0.5, 0.6) is 0 Å². The van der Waals surface area contributed by atoms with E-state index >= 15 is 0 Å². The van der Waals surface area contributed by atoms with Crippen molar-refractivity contribution in [2.75, 3.05) is 5.75 Å². The number of nitrogens with zero attached hydrogens (tertiary/aromatic N) is 2. The average Bonchev–Trinajstić information content (AvgIpc) is 3.05. The van der Waals surface area contributed by atoms with Crippen LogP contribution in [0.25, 0.3) is 4.96 Å². The SMILES string of the molecule is CCSc1nc2sccn2c(=O)c1C(=O)NC1CC1. The molecule has 3 rings (SSSR count). The molecule has 1 aliphatic rings. The Bertz CT molecular complexity index is 688. The van der Waals surface area contributed by atoms with E-state index in [-0.39, 0.29) is 23.1 Å². The van der Waals surface area contributed by atoms with Gasteiger partial charge in [-0.15, -0.1) is 23.1 Å². The number of rotatable bonds is 4. The van der Waals surface area contributed by atoms with Crippen molar-refractivity contribution in [3.05, 3.63) is 27.5 Å². The Labute approximate surface area is 118 Å². The molecule has 7 heteroatoms. The summed E-state index contributed by atoms with van der Waals surface area (Å²) >= 11 is 2.83. The van der Waals surface area contributed by atoms with Crippen molar-refractivity contribution in [2.24, 2.45) is 0 Å². The van der Waals surface area contributed by atoms with E-state index < -0.39 is 0 Å². The molecule has 1 amide bonds. The highest BCUT2D eigenvalue weighted by Gasteiger charge is 2.27. The van der Waals surface area contributed by atoms with Crippen LogP contribution in [0.1, 0.15) is 30.1 Å². The standard InChI is InChI=1S/C12H13N3O2S2/c1-2-18-10-8(9(16)13-7-3-4-7)11(17)15-5-6-19-12(15)14-10/h5-7H,2-4H2,1H3,(H,13,16). The fraction of sp³-hybridized carbons (Fsp3) is 0.417. The molecule has 0 unspecified atom stereocenters. The maximum Gasteiger partial charge on any atom is 0.272 e. The lowest BCUT2D eigenvalue weighted by atomic mass is 10.3. The Morgan fingerprint density at radius 1 is 1.63 bits per heavy atom. The number of thiazole rings is 1. The summed E-state index contributed by atoms with van der Waals surface area (Å²) in [6.07, 6.45) is 3.65. The maximum absolute atomic E-state index is 12.4. The summed E-state index contributed by atoms with van der Waals surface area (Å²) in [5.41, 5.74) is -0.102. The van der Waals surface area contributed by atoms with Crippen molar-refractivity contribution in [1.29, 1.82) is 0 Å². The van der Waals surface area contributed by atoms with E-state index in [4.69, 9.17) is 0 Å². The first-order valence-corrected chi connectivity index (χ1v) is 8.00. The molecule has 2 aromatic heterocycles. The van der Waals surface area contributed by atoms with Gasteiger partial charge in [0, 0.05) is 17.6 Å². The molecule has 100 valence electrons. The Morgan fingerprint density at radius 3 is 3.11 bits per heavy atom. The largest absolute Gasteiger partial charge is 0.349 e. The van der Waals surface area contributed by atoms with E-state index in [0.717, 1.165) is 18.6 Å². The van der Waals surface area contributed by atoms with Crippen LogP contribution in [0.3, 0.4) is 0 Å². The van der Waals surface area contributed by atoms with Crippen molar-refractivity contribution in [3.63, 3.8) is 0 Å².